The Morgan fingerprint density at radius 2 is 1.67 bits per heavy atom. The molecule has 3 aromatic carbocycles. The van der Waals surface area contributed by atoms with Crippen molar-refractivity contribution in [3.8, 4) is 0 Å². The van der Waals surface area contributed by atoms with Crippen LogP contribution < -0.4 is 5.32 Å². The predicted molar refractivity (Wildman–Crippen MR) is 134 cm³/mol. The van der Waals surface area contributed by atoms with E-state index in [2.05, 4.69) is 27.3 Å². The molecule has 5 nitrogen and oxygen atoms in total. The number of nitrogens with zero attached hydrogens (tertiary/aromatic N) is 2. The first-order chi connectivity index (χ1) is 16.2. The van der Waals surface area contributed by atoms with Crippen LogP contribution in [-0.4, -0.2) is 34.7 Å². The molecule has 2 N–H and O–H groups in total. The number of hydrogen-bond acceptors (Lipinski definition) is 3. The molecule has 4 aromatic rings. The van der Waals surface area contributed by atoms with Gasteiger partial charge in [0.1, 0.15) is 11.5 Å². The molecular weight excluding hydrogens is 408 g/mol. The maximum Gasteiger partial charge on any atom is 0.273 e. The molecule has 0 atom stereocenters. The van der Waals surface area contributed by atoms with Crippen LogP contribution in [0.5, 0.6) is 0 Å². The molecule has 0 spiro atoms. The Morgan fingerprint density at radius 1 is 0.879 bits per heavy atom. The minimum absolute atomic E-state index is 0.210. The topological polar surface area (TPSA) is 60.5 Å². The number of carbonyl (C=O) groups is 1. The number of fused-ring (bicyclic) bond motifs is 1. The summed E-state index contributed by atoms with van der Waals surface area (Å²) in [7, 11) is 0. The summed E-state index contributed by atoms with van der Waals surface area (Å²) in [5.74, 6) is 0.327. The Balaban J connectivity index is 1.41. The van der Waals surface area contributed by atoms with Crippen molar-refractivity contribution >= 4 is 28.3 Å². The smallest absolute Gasteiger partial charge is 0.273 e. The number of nitrogens with one attached hydrogen (secondary N) is 2. The van der Waals surface area contributed by atoms with Gasteiger partial charge in [-0.15, -0.1) is 0 Å². The number of H-pyrrole nitrogens is 1. The first kappa shape index (κ1) is 21.2. The van der Waals surface area contributed by atoms with Gasteiger partial charge in [-0.1, -0.05) is 67.1 Å². The highest BCUT2D eigenvalue weighted by Gasteiger charge is 2.14. The standard InChI is InChI=1S/C28H28N4O/c33-28(26-19-23-13-5-6-15-25(23)30-26)31-27(22-11-3-1-4-12-22)29-24-14-9-10-21(18-24)20-32-16-7-2-8-17-32/h1,3-6,9-15,18-19,30H,2,7-8,16-17,20H2,(H,29,31,33). The molecule has 0 radical (unpaired) electrons. The maximum atomic E-state index is 13.1. The van der Waals surface area contributed by atoms with Gasteiger partial charge in [0.15, 0.2) is 0 Å². The van der Waals surface area contributed by atoms with Crippen molar-refractivity contribution in [2.24, 2.45) is 4.99 Å². The molecule has 5 rings (SSSR count). The number of aromatic amines is 1. The second kappa shape index (κ2) is 9.84. The van der Waals surface area contributed by atoms with Gasteiger partial charge in [0.25, 0.3) is 5.91 Å². The fourth-order valence-corrected chi connectivity index (χ4v) is 4.36. The van der Waals surface area contributed by atoms with E-state index in [1.54, 1.807) is 0 Å². The van der Waals surface area contributed by atoms with Crippen LogP contribution in [0.3, 0.4) is 0 Å². The van der Waals surface area contributed by atoms with E-state index in [4.69, 9.17) is 4.99 Å². The van der Waals surface area contributed by atoms with Gasteiger partial charge in [-0.3, -0.25) is 9.69 Å². The molecule has 166 valence electrons. The molecule has 5 heteroatoms. The molecule has 1 fully saturated rings. The Morgan fingerprint density at radius 3 is 2.48 bits per heavy atom. The summed E-state index contributed by atoms with van der Waals surface area (Å²) in [6.45, 7) is 3.25. The Labute approximate surface area is 194 Å². The predicted octanol–water partition coefficient (Wildman–Crippen LogP) is 5.66. The number of para-hydroxylation sites is 1. The Kier molecular flexibility index (Phi) is 6.31. The molecule has 2 heterocycles. The summed E-state index contributed by atoms with van der Waals surface area (Å²) in [5, 5.41) is 4.04. The van der Waals surface area contributed by atoms with E-state index in [0.717, 1.165) is 41.8 Å². The van der Waals surface area contributed by atoms with Gasteiger partial charge in [0.2, 0.25) is 0 Å². The Bertz CT molecular complexity index is 1240. The van der Waals surface area contributed by atoms with Crippen molar-refractivity contribution in [2.75, 3.05) is 13.1 Å². The number of likely N-dealkylation sites (tertiary alicyclic amines) is 1. The minimum atomic E-state index is -0.210. The molecule has 1 aromatic heterocycles. The maximum absolute atomic E-state index is 13.1. The lowest BCUT2D eigenvalue weighted by Gasteiger charge is -2.26. The van der Waals surface area contributed by atoms with Gasteiger partial charge < -0.3 is 10.3 Å². The summed E-state index contributed by atoms with van der Waals surface area (Å²) in [6.07, 6.45) is 3.88. The van der Waals surface area contributed by atoms with Crippen LogP contribution in [0.4, 0.5) is 5.69 Å². The van der Waals surface area contributed by atoms with Crippen molar-refractivity contribution in [1.82, 2.24) is 15.2 Å². The molecule has 33 heavy (non-hydrogen) atoms. The third-order valence-electron chi connectivity index (χ3n) is 6.06. The van der Waals surface area contributed by atoms with Gasteiger partial charge >= 0.3 is 0 Å². The highest BCUT2D eigenvalue weighted by molar-refractivity contribution is 6.13. The van der Waals surface area contributed by atoms with Crippen LogP contribution in [0.15, 0.2) is 89.9 Å². The lowest BCUT2D eigenvalue weighted by molar-refractivity contribution is 0.0973. The van der Waals surface area contributed by atoms with Gasteiger partial charge in [-0.05, 0) is 55.8 Å². The lowest BCUT2D eigenvalue weighted by Crippen LogP contribution is -2.31. The van der Waals surface area contributed by atoms with E-state index in [1.807, 2.05) is 72.8 Å². The quantitative estimate of drug-likeness (QED) is 0.313. The molecule has 1 saturated heterocycles. The minimum Gasteiger partial charge on any atom is -0.351 e. The van der Waals surface area contributed by atoms with Crippen LogP contribution in [0, 0.1) is 0 Å². The zero-order valence-electron chi connectivity index (χ0n) is 18.6. The van der Waals surface area contributed by atoms with Gasteiger partial charge in [0, 0.05) is 23.0 Å². The van der Waals surface area contributed by atoms with Crippen molar-refractivity contribution in [3.05, 3.63) is 102 Å². The van der Waals surface area contributed by atoms with E-state index in [9.17, 15) is 4.79 Å². The number of amidine groups is 1. The average Bonchev–Trinajstić information content (AvgIpc) is 3.30. The SMILES string of the molecule is O=C(NC(=Nc1cccc(CN2CCCCC2)c1)c1ccccc1)c1cc2ccccc2[nH]1. The van der Waals surface area contributed by atoms with Gasteiger partial charge in [-0.25, -0.2) is 4.99 Å². The van der Waals surface area contributed by atoms with Crippen LogP contribution in [0.2, 0.25) is 0 Å². The first-order valence-electron chi connectivity index (χ1n) is 11.6. The second-order valence-corrected chi connectivity index (χ2v) is 8.56. The average molecular weight is 437 g/mol. The highest BCUT2D eigenvalue weighted by Crippen LogP contribution is 2.20. The normalized spacial score (nSPS) is 15.0. The molecule has 0 bridgehead atoms. The summed E-state index contributed by atoms with van der Waals surface area (Å²) >= 11 is 0. The summed E-state index contributed by atoms with van der Waals surface area (Å²) in [5.41, 5.74) is 4.39. The summed E-state index contributed by atoms with van der Waals surface area (Å²) < 4.78 is 0. The number of hydrogen-bond donors (Lipinski definition) is 2. The van der Waals surface area contributed by atoms with E-state index < -0.39 is 0 Å². The van der Waals surface area contributed by atoms with Crippen molar-refractivity contribution in [3.63, 3.8) is 0 Å². The second-order valence-electron chi connectivity index (χ2n) is 8.56. The first-order valence-corrected chi connectivity index (χ1v) is 11.6. The number of benzene rings is 3. The fraction of sp³-hybridized carbons (Fsp3) is 0.214. The van der Waals surface area contributed by atoms with Crippen LogP contribution >= 0.6 is 0 Å². The monoisotopic (exact) mass is 436 g/mol. The molecule has 0 aliphatic carbocycles. The van der Waals surface area contributed by atoms with Crippen LogP contribution in [0.25, 0.3) is 10.9 Å². The third-order valence-corrected chi connectivity index (χ3v) is 6.06. The van der Waals surface area contributed by atoms with E-state index in [0.29, 0.717) is 11.5 Å². The molecule has 0 saturated carbocycles. The van der Waals surface area contributed by atoms with Crippen molar-refractivity contribution in [2.45, 2.75) is 25.8 Å². The molecule has 1 amide bonds. The number of aromatic nitrogens is 1. The van der Waals surface area contributed by atoms with E-state index in [1.165, 1.54) is 24.8 Å². The molecular formula is C28H28N4O. The Hall–Kier alpha value is -3.70. The highest BCUT2D eigenvalue weighted by atomic mass is 16.1. The zero-order chi connectivity index (χ0) is 22.5. The zero-order valence-corrected chi connectivity index (χ0v) is 18.6. The number of aliphatic imine (C=N–C) groups is 1. The molecule has 0 unspecified atom stereocenters. The largest absolute Gasteiger partial charge is 0.351 e. The lowest BCUT2D eigenvalue weighted by atomic mass is 10.1. The van der Waals surface area contributed by atoms with E-state index >= 15 is 0 Å². The number of rotatable bonds is 5. The van der Waals surface area contributed by atoms with Crippen molar-refractivity contribution < 1.29 is 4.79 Å². The molecule has 1 aliphatic heterocycles. The molecule has 1 aliphatic rings. The van der Waals surface area contributed by atoms with Gasteiger partial charge in [0.05, 0.1) is 5.69 Å². The van der Waals surface area contributed by atoms with Gasteiger partial charge in [-0.2, -0.15) is 0 Å². The third kappa shape index (κ3) is 5.21. The summed E-state index contributed by atoms with van der Waals surface area (Å²) in [6, 6.07) is 27.8. The van der Waals surface area contributed by atoms with Crippen LogP contribution in [-0.2, 0) is 6.54 Å². The number of piperidine rings is 1. The fourth-order valence-electron chi connectivity index (χ4n) is 4.36. The summed E-state index contributed by atoms with van der Waals surface area (Å²) in [4.78, 5) is 23.6. The van der Waals surface area contributed by atoms with Crippen LogP contribution in [0.1, 0.15) is 40.9 Å². The number of carbonyl (C=O) groups excluding carboxylic acids is 1. The number of amides is 1. The van der Waals surface area contributed by atoms with Crippen molar-refractivity contribution in [1.29, 1.82) is 0 Å². The van der Waals surface area contributed by atoms with E-state index in [-0.39, 0.29) is 5.91 Å².